The summed E-state index contributed by atoms with van der Waals surface area (Å²) in [5, 5.41) is 11.0. The van der Waals surface area contributed by atoms with Crippen LogP contribution in [0.5, 0.6) is 5.75 Å². The van der Waals surface area contributed by atoms with Gasteiger partial charge in [0.15, 0.2) is 0 Å². The molecule has 0 aromatic heterocycles. The van der Waals surface area contributed by atoms with Crippen molar-refractivity contribution in [3.05, 3.63) is 69.7 Å². The van der Waals surface area contributed by atoms with Crippen molar-refractivity contribution in [2.75, 3.05) is 20.3 Å². The summed E-state index contributed by atoms with van der Waals surface area (Å²) in [6.45, 7) is 0.957. The number of aliphatic hydroxyl groups is 1. The van der Waals surface area contributed by atoms with Gasteiger partial charge in [-0.05, 0) is 42.7 Å². The molecule has 30 heavy (non-hydrogen) atoms. The van der Waals surface area contributed by atoms with Gasteiger partial charge in [0, 0.05) is 23.2 Å². The lowest BCUT2D eigenvalue weighted by Crippen LogP contribution is -2.36. The molecule has 4 rings (SSSR count). The smallest absolute Gasteiger partial charge is 0.295 e. The lowest BCUT2D eigenvalue weighted by Gasteiger charge is -2.27. The first-order chi connectivity index (χ1) is 14.5. The third-order valence-corrected chi connectivity index (χ3v) is 6.04. The van der Waals surface area contributed by atoms with E-state index < -0.39 is 17.7 Å². The molecule has 0 aliphatic carbocycles. The van der Waals surface area contributed by atoms with Gasteiger partial charge in [0.2, 0.25) is 0 Å². The van der Waals surface area contributed by atoms with E-state index in [1.165, 1.54) is 4.90 Å². The minimum Gasteiger partial charge on any atom is -0.507 e. The van der Waals surface area contributed by atoms with E-state index in [0.29, 0.717) is 24.5 Å². The average molecular weight is 472 g/mol. The van der Waals surface area contributed by atoms with Crippen LogP contribution in [-0.2, 0) is 14.3 Å². The summed E-state index contributed by atoms with van der Waals surface area (Å²) >= 11 is 3.37. The van der Waals surface area contributed by atoms with E-state index >= 15 is 0 Å². The molecule has 6 nitrogen and oxygen atoms in total. The molecule has 1 amide bonds. The number of ether oxygens (including phenoxy) is 2. The Bertz CT molecular complexity index is 978. The van der Waals surface area contributed by atoms with E-state index in [1.54, 1.807) is 43.5 Å². The van der Waals surface area contributed by atoms with Gasteiger partial charge in [-0.3, -0.25) is 9.59 Å². The van der Waals surface area contributed by atoms with Crippen molar-refractivity contribution in [1.29, 1.82) is 0 Å². The average Bonchev–Trinajstić information content (AvgIpc) is 3.36. The number of hydrogen-bond donors (Lipinski definition) is 1. The van der Waals surface area contributed by atoms with Crippen molar-refractivity contribution < 1.29 is 24.2 Å². The minimum absolute atomic E-state index is 0.0884. The summed E-state index contributed by atoms with van der Waals surface area (Å²) in [7, 11) is 1.58. The van der Waals surface area contributed by atoms with Crippen molar-refractivity contribution in [1.82, 2.24) is 4.90 Å². The number of aliphatic hydroxyl groups excluding tert-OH is 1. The maximum atomic E-state index is 13.0. The van der Waals surface area contributed by atoms with Crippen LogP contribution in [0.2, 0.25) is 0 Å². The molecule has 2 aromatic carbocycles. The lowest BCUT2D eigenvalue weighted by atomic mass is 9.95. The molecule has 0 spiro atoms. The molecule has 0 radical (unpaired) electrons. The first-order valence-electron chi connectivity index (χ1n) is 9.79. The van der Waals surface area contributed by atoms with E-state index in [4.69, 9.17) is 9.47 Å². The molecule has 2 aliphatic rings. The maximum absolute atomic E-state index is 13.0. The minimum atomic E-state index is -0.691. The summed E-state index contributed by atoms with van der Waals surface area (Å²) < 4.78 is 11.8. The Labute approximate surface area is 183 Å². The van der Waals surface area contributed by atoms with Crippen LogP contribution in [-0.4, -0.2) is 48.1 Å². The molecule has 0 saturated carbocycles. The largest absolute Gasteiger partial charge is 0.507 e. The number of halogens is 1. The summed E-state index contributed by atoms with van der Waals surface area (Å²) in [6.07, 6.45) is 1.66. The van der Waals surface area contributed by atoms with E-state index in [2.05, 4.69) is 15.9 Å². The summed E-state index contributed by atoms with van der Waals surface area (Å²) in [6, 6.07) is 13.5. The van der Waals surface area contributed by atoms with Crippen molar-refractivity contribution in [2.24, 2.45) is 0 Å². The molecule has 2 aliphatic heterocycles. The highest BCUT2D eigenvalue weighted by Gasteiger charge is 2.47. The van der Waals surface area contributed by atoms with Crippen LogP contribution < -0.4 is 4.74 Å². The monoisotopic (exact) mass is 471 g/mol. The Morgan fingerprint density at radius 2 is 1.87 bits per heavy atom. The Hall–Kier alpha value is -2.64. The Morgan fingerprint density at radius 3 is 2.47 bits per heavy atom. The number of rotatable bonds is 5. The van der Waals surface area contributed by atoms with Crippen LogP contribution in [0.3, 0.4) is 0 Å². The van der Waals surface area contributed by atoms with Crippen LogP contribution in [0.1, 0.15) is 30.0 Å². The van der Waals surface area contributed by atoms with Gasteiger partial charge < -0.3 is 19.5 Å². The second kappa shape index (κ2) is 8.62. The van der Waals surface area contributed by atoms with Crippen LogP contribution in [0, 0.1) is 0 Å². The van der Waals surface area contributed by atoms with Crippen LogP contribution >= 0.6 is 15.9 Å². The fourth-order valence-corrected chi connectivity index (χ4v) is 4.24. The molecule has 2 aromatic rings. The zero-order valence-electron chi connectivity index (χ0n) is 16.5. The highest BCUT2D eigenvalue weighted by Crippen LogP contribution is 2.40. The SMILES string of the molecule is COc1ccc(C2C(=C(O)c3ccc(Br)cc3)C(=O)C(=O)N2CC2CCCO2)cc1. The van der Waals surface area contributed by atoms with E-state index in [-0.39, 0.29) is 17.4 Å². The van der Waals surface area contributed by atoms with Crippen molar-refractivity contribution >= 4 is 33.4 Å². The summed E-state index contributed by atoms with van der Waals surface area (Å²) in [5.74, 6) is -0.821. The van der Waals surface area contributed by atoms with E-state index in [0.717, 1.165) is 22.9 Å². The third kappa shape index (κ3) is 3.87. The third-order valence-electron chi connectivity index (χ3n) is 5.51. The second-order valence-electron chi connectivity index (χ2n) is 7.37. The number of likely N-dealkylation sites (tertiary alicyclic amines) is 1. The number of carbonyl (C=O) groups is 2. The quantitative estimate of drug-likeness (QED) is 0.404. The van der Waals surface area contributed by atoms with E-state index in [9.17, 15) is 14.7 Å². The van der Waals surface area contributed by atoms with Crippen molar-refractivity contribution in [3.63, 3.8) is 0 Å². The van der Waals surface area contributed by atoms with Crippen LogP contribution in [0.15, 0.2) is 58.6 Å². The summed E-state index contributed by atoms with van der Waals surface area (Å²) in [5.41, 5.74) is 1.30. The molecular formula is C23H22BrNO5. The molecule has 156 valence electrons. The molecule has 0 bridgehead atoms. The van der Waals surface area contributed by atoms with Gasteiger partial charge in [-0.2, -0.15) is 0 Å². The summed E-state index contributed by atoms with van der Waals surface area (Å²) in [4.78, 5) is 27.5. The van der Waals surface area contributed by atoms with Gasteiger partial charge in [-0.1, -0.05) is 40.2 Å². The van der Waals surface area contributed by atoms with Gasteiger partial charge in [-0.15, -0.1) is 0 Å². The predicted molar refractivity (Wildman–Crippen MR) is 115 cm³/mol. The molecular weight excluding hydrogens is 450 g/mol. The van der Waals surface area contributed by atoms with Crippen LogP contribution in [0.4, 0.5) is 0 Å². The Balaban J connectivity index is 1.80. The maximum Gasteiger partial charge on any atom is 0.295 e. The van der Waals surface area contributed by atoms with Crippen LogP contribution in [0.25, 0.3) is 5.76 Å². The Morgan fingerprint density at radius 1 is 1.17 bits per heavy atom. The molecule has 2 fully saturated rings. The molecule has 2 atom stereocenters. The standard InChI is InChI=1S/C23H22BrNO5/c1-29-17-10-6-14(7-11-17)20-19(21(26)15-4-8-16(24)9-5-15)22(27)23(28)25(20)13-18-3-2-12-30-18/h4-11,18,20,26H,2-3,12-13H2,1H3. The molecule has 1 N–H and O–H groups in total. The topological polar surface area (TPSA) is 76.1 Å². The van der Waals surface area contributed by atoms with Gasteiger partial charge in [0.25, 0.3) is 11.7 Å². The molecule has 2 unspecified atom stereocenters. The van der Waals surface area contributed by atoms with Gasteiger partial charge in [-0.25, -0.2) is 0 Å². The lowest BCUT2D eigenvalue weighted by molar-refractivity contribution is -0.140. The fourth-order valence-electron chi connectivity index (χ4n) is 3.97. The van der Waals surface area contributed by atoms with Crippen molar-refractivity contribution in [2.45, 2.75) is 25.0 Å². The molecule has 7 heteroatoms. The first kappa shape index (κ1) is 20.6. The number of Topliss-reactive ketones (excluding diaryl/α,β-unsaturated/α-hetero) is 1. The number of ketones is 1. The highest BCUT2D eigenvalue weighted by atomic mass is 79.9. The predicted octanol–water partition coefficient (Wildman–Crippen LogP) is 4.06. The van der Waals surface area contributed by atoms with Crippen molar-refractivity contribution in [3.8, 4) is 5.75 Å². The zero-order chi connectivity index (χ0) is 21.3. The second-order valence-corrected chi connectivity index (χ2v) is 8.28. The number of benzene rings is 2. The Kier molecular flexibility index (Phi) is 5.92. The molecule has 2 heterocycles. The van der Waals surface area contributed by atoms with E-state index in [1.807, 2.05) is 12.1 Å². The normalized spacial score (nSPS) is 23.2. The number of carbonyl (C=O) groups excluding carboxylic acids is 2. The zero-order valence-corrected chi connectivity index (χ0v) is 18.1. The number of nitrogens with zero attached hydrogens (tertiary/aromatic N) is 1. The van der Waals surface area contributed by atoms with Gasteiger partial charge in [0.05, 0.1) is 24.8 Å². The molecule has 2 saturated heterocycles. The van der Waals surface area contributed by atoms with Gasteiger partial charge in [0.1, 0.15) is 11.5 Å². The first-order valence-corrected chi connectivity index (χ1v) is 10.6. The fraction of sp³-hybridized carbons (Fsp3) is 0.304. The number of methoxy groups -OCH3 is 1. The number of amides is 1. The van der Waals surface area contributed by atoms with Gasteiger partial charge >= 0.3 is 0 Å². The number of hydrogen-bond acceptors (Lipinski definition) is 5. The highest BCUT2D eigenvalue weighted by molar-refractivity contribution is 9.10.